The Balaban J connectivity index is 1.75. The van der Waals surface area contributed by atoms with E-state index in [4.69, 9.17) is 13.9 Å². The number of nitrogens with one attached hydrogen (secondary N) is 1. The summed E-state index contributed by atoms with van der Waals surface area (Å²) in [4.78, 5) is 27.2. The second kappa shape index (κ2) is 7.95. The third-order valence-electron chi connectivity index (χ3n) is 4.47. The predicted molar refractivity (Wildman–Crippen MR) is 94.2 cm³/mol. The van der Waals surface area contributed by atoms with E-state index < -0.39 is 6.04 Å². The van der Waals surface area contributed by atoms with Crippen LogP contribution in [0.25, 0.3) is 0 Å². The predicted octanol–water partition coefficient (Wildman–Crippen LogP) is 2.22. The average Bonchev–Trinajstić information content (AvgIpc) is 3.36. The zero-order valence-corrected chi connectivity index (χ0v) is 14.9. The summed E-state index contributed by atoms with van der Waals surface area (Å²) >= 11 is 0. The molecule has 1 aliphatic rings. The highest BCUT2D eigenvalue weighted by Crippen LogP contribution is 2.33. The molecule has 0 spiro atoms. The number of furan rings is 1. The fourth-order valence-electron chi connectivity index (χ4n) is 3.20. The standard InChI is InChI=1S/C19H22N2O5/c1-24-16-9-3-7-14(17(16)25-2)19(23)21-10-4-8-15(21)18(22)20-12-13-6-5-11-26-13/h3,5-7,9,11,15H,4,8,10,12H2,1-2H3,(H,20,22). The maximum Gasteiger partial charge on any atom is 0.258 e. The van der Waals surface area contributed by atoms with Gasteiger partial charge in [-0.05, 0) is 37.1 Å². The first-order valence-corrected chi connectivity index (χ1v) is 8.47. The Morgan fingerprint density at radius 2 is 2.08 bits per heavy atom. The maximum absolute atomic E-state index is 13.0. The second-order valence-corrected chi connectivity index (χ2v) is 5.99. The molecule has 7 heteroatoms. The van der Waals surface area contributed by atoms with Crippen LogP contribution in [-0.2, 0) is 11.3 Å². The molecule has 7 nitrogen and oxygen atoms in total. The lowest BCUT2D eigenvalue weighted by Crippen LogP contribution is -2.45. The summed E-state index contributed by atoms with van der Waals surface area (Å²) < 4.78 is 15.8. The molecule has 0 aliphatic carbocycles. The summed E-state index contributed by atoms with van der Waals surface area (Å²) in [6, 6.07) is 8.19. The minimum absolute atomic E-state index is 0.186. The quantitative estimate of drug-likeness (QED) is 0.856. The number of benzene rings is 1. The van der Waals surface area contributed by atoms with Crippen molar-refractivity contribution in [2.24, 2.45) is 0 Å². The first-order chi connectivity index (χ1) is 12.7. The molecule has 2 aromatic rings. The van der Waals surface area contributed by atoms with Crippen LogP contribution in [0, 0.1) is 0 Å². The van der Waals surface area contributed by atoms with Gasteiger partial charge >= 0.3 is 0 Å². The first-order valence-electron chi connectivity index (χ1n) is 8.47. The van der Waals surface area contributed by atoms with Gasteiger partial charge in [0, 0.05) is 6.54 Å². The van der Waals surface area contributed by atoms with Crippen LogP contribution in [0.5, 0.6) is 11.5 Å². The Hall–Kier alpha value is -2.96. The second-order valence-electron chi connectivity index (χ2n) is 5.99. The lowest BCUT2D eigenvalue weighted by molar-refractivity contribution is -0.125. The summed E-state index contributed by atoms with van der Waals surface area (Å²) in [6.07, 6.45) is 2.96. The molecule has 1 unspecified atom stereocenters. The lowest BCUT2D eigenvalue weighted by atomic mass is 10.1. The number of carbonyl (C=O) groups excluding carboxylic acids is 2. The molecule has 2 heterocycles. The summed E-state index contributed by atoms with van der Waals surface area (Å²) in [7, 11) is 3.01. The van der Waals surface area contributed by atoms with Crippen molar-refractivity contribution < 1.29 is 23.5 Å². The molecule has 1 atom stereocenters. The van der Waals surface area contributed by atoms with Crippen molar-refractivity contribution in [3.63, 3.8) is 0 Å². The molecule has 1 saturated heterocycles. The average molecular weight is 358 g/mol. The van der Waals surface area contributed by atoms with Gasteiger partial charge in [0.2, 0.25) is 5.91 Å². The van der Waals surface area contributed by atoms with Gasteiger partial charge in [0.1, 0.15) is 11.8 Å². The van der Waals surface area contributed by atoms with Crippen molar-refractivity contribution in [2.45, 2.75) is 25.4 Å². The number of hydrogen-bond donors (Lipinski definition) is 1. The lowest BCUT2D eigenvalue weighted by Gasteiger charge is -2.25. The fraction of sp³-hybridized carbons (Fsp3) is 0.368. The largest absolute Gasteiger partial charge is 0.493 e. The van der Waals surface area contributed by atoms with Gasteiger partial charge in [0.25, 0.3) is 5.91 Å². The Bertz CT molecular complexity index is 772. The van der Waals surface area contributed by atoms with E-state index in [2.05, 4.69) is 5.32 Å². The number of likely N-dealkylation sites (tertiary alicyclic amines) is 1. The number of methoxy groups -OCH3 is 2. The maximum atomic E-state index is 13.0. The van der Waals surface area contributed by atoms with Crippen molar-refractivity contribution in [3.05, 3.63) is 47.9 Å². The molecule has 138 valence electrons. The summed E-state index contributed by atoms with van der Waals surface area (Å²) in [5, 5.41) is 2.83. The van der Waals surface area contributed by atoms with Gasteiger partial charge < -0.3 is 24.1 Å². The minimum atomic E-state index is -0.506. The van der Waals surface area contributed by atoms with Crippen LogP contribution in [0.4, 0.5) is 0 Å². The highest BCUT2D eigenvalue weighted by atomic mass is 16.5. The van der Waals surface area contributed by atoms with Crippen LogP contribution in [-0.4, -0.2) is 43.5 Å². The molecular weight excluding hydrogens is 336 g/mol. The smallest absolute Gasteiger partial charge is 0.258 e. The van der Waals surface area contributed by atoms with Gasteiger partial charge in [0.15, 0.2) is 11.5 Å². The molecule has 26 heavy (non-hydrogen) atoms. The van der Waals surface area contributed by atoms with Crippen molar-refractivity contribution in [3.8, 4) is 11.5 Å². The molecule has 1 aromatic carbocycles. The Morgan fingerprint density at radius 1 is 1.23 bits per heavy atom. The Kier molecular flexibility index (Phi) is 5.46. The molecule has 1 aromatic heterocycles. The van der Waals surface area contributed by atoms with Gasteiger partial charge in [0.05, 0.1) is 32.6 Å². The molecule has 1 fully saturated rings. The fourth-order valence-corrected chi connectivity index (χ4v) is 3.20. The third kappa shape index (κ3) is 3.51. The topological polar surface area (TPSA) is 81.0 Å². The Morgan fingerprint density at radius 3 is 2.77 bits per heavy atom. The van der Waals surface area contributed by atoms with E-state index in [0.29, 0.717) is 42.3 Å². The molecule has 0 saturated carbocycles. The number of hydrogen-bond acceptors (Lipinski definition) is 5. The molecule has 0 radical (unpaired) electrons. The minimum Gasteiger partial charge on any atom is -0.493 e. The summed E-state index contributed by atoms with van der Waals surface area (Å²) in [5.41, 5.74) is 0.387. The van der Waals surface area contributed by atoms with Gasteiger partial charge in [-0.1, -0.05) is 6.07 Å². The van der Waals surface area contributed by atoms with Gasteiger partial charge in [-0.2, -0.15) is 0 Å². The van der Waals surface area contributed by atoms with Crippen molar-refractivity contribution >= 4 is 11.8 Å². The van der Waals surface area contributed by atoms with Crippen molar-refractivity contribution in [1.82, 2.24) is 10.2 Å². The molecule has 1 N–H and O–H groups in total. The molecular formula is C19H22N2O5. The van der Waals surface area contributed by atoms with E-state index >= 15 is 0 Å². The van der Waals surface area contributed by atoms with E-state index in [0.717, 1.165) is 6.42 Å². The number of carbonyl (C=O) groups is 2. The van der Waals surface area contributed by atoms with Crippen LogP contribution in [0.2, 0.25) is 0 Å². The van der Waals surface area contributed by atoms with E-state index in [1.807, 2.05) is 0 Å². The number of nitrogens with zero attached hydrogens (tertiary/aromatic N) is 1. The SMILES string of the molecule is COc1cccc(C(=O)N2CCCC2C(=O)NCc2ccco2)c1OC. The van der Waals surface area contributed by atoms with Crippen molar-refractivity contribution in [2.75, 3.05) is 20.8 Å². The van der Waals surface area contributed by atoms with E-state index in [-0.39, 0.29) is 11.8 Å². The molecule has 3 rings (SSSR count). The van der Waals surface area contributed by atoms with Crippen LogP contribution < -0.4 is 14.8 Å². The zero-order chi connectivity index (χ0) is 18.5. The van der Waals surface area contributed by atoms with Crippen LogP contribution in [0.15, 0.2) is 41.0 Å². The number of amides is 2. The van der Waals surface area contributed by atoms with Crippen LogP contribution in [0.3, 0.4) is 0 Å². The van der Waals surface area contributed by atoms with Crippen LogP contribution >= 0.6 is 0 Å². The van der Waals surface area contributed by atoms with Crippen LogP contribution in [0.1, 0.15) is 29.0 Å². The first kappa shape index (κ1) is 17.8. The third-order valence-corrected chi connectivity index (χ3v) is 4.47. The van der Waals surface area contributed by atoms with E-state index in [1.165, 1.54) is 14.2 Å². The van der Waals surface area contributed by atoms with Crippen molar-refractivity contribution in [1.29, 1.82) is 0 Å². The monoisotopic (exact) mass is 358 g/mol. The number of para-hydroxylation sites is 1. The normalized spacial score (nSPS) is 16.4. The number of ether oxygens (including phenoxy) is 2. The van der Waals surface area contributed by atoms with Gasteiger partial charge in [-0.15, -0.1) is 0 Å². The summed E-state index contributed by atoms with van der Waals surface area (Å²) in [6.45, 7) is 0.824. The molecule has 1 aliphatic heterocycles. The number of rotatable bonds is 6. The van der Waals surface area contributed by atoms with E-state index in [1.54, 1.807) is 41.5 Å². The summed E-state index contributed by atoms with van der Waals surface area (Å²) in [5.74, 6) is 1.10. The molecule has 0 bridgehead atoms. The molecule has 2 amide bonds. The van der Waals surface area contributed by atoms with E-state index in [9.17, 15) is 9.59 Å². The van der Waals surface area contributed by atoms with Gasteiger partial charge in [-0.25, -0.2) is 0 Å². The zero-order valence-electron chi connectivity index (χ0n) is 14.9. The van der Waals surface area contributed by atoms with Gasteiger partial charge in [-0.3, -0.25) is 9.59 Å². The highest BCUT2D eigenvalue weighted by molar-refractivity contribution is 6.00. The highest BCUT2D eigenvalue weighted by Gasteiger charge is 2.35. The Labute approximate surface area is 151 Å².